The highest BCUT2D eigenvalue weighted by atomic mass is 14.9. The number of hydrogen-bond donors (Lipinski definition) is 2. The molecule has 0 radical (unpaired) electrons. The van der Waals surface area contributed by atoms with E-state index < -0.39 is 0 Å². The molecule has 0 aliphatic carbocycles. The van der Waals surface area contributed by atoms with Crippen molar-refractivity contribution in [1.29, 1.82) is 0 Å². The molecule has 0 aliphatic heterocycles. The zero-order valence-electron chi connectivity index (χ0n) is 21.3. The Hall–Kier alpha value is -5.35. The summed E-state index contributed by atoms with van der Waals surface area (Å²) in [5, 5.41) is 4.86. The number of anilines is 1. The zero-order chi connectivity index (χ0) is 26.3. The number of rotatable bonds is 4. The number of nitrogens with two attached hydrogens (primary N) is 2. The zero-order valence-corrected chi connectivity index (χ0v) is 21.3. The van der Waals surface area contributed by atoms with E-state index in [0.717, 1.165) is 44.4 Å². The predicted molar refractivity (Wildman–Crippen MR) is 164 cm³/mol. The Kier molecular flexibility index (Phi) is 5.38. The highest BCUT2D eigenvalue weighted by Gasteiger charge is 2.18. The molecule has 0 aliphatic rings. The fraction of sp³-hybridized carbons (Fsp3) is 0. The van der Waals surface area contributed by atoms with Gasteiger partial charge in [-0.15, -0.1) is 0 Å². The number of fused-ring (bicyclic) bond motifs is 8. The second-order valence-electron chi connectivity index (χ2n) is 9.67. The van der Waals surface area contributed by atoms with Crippen LogP contribution < -0.4 is 11.5 Å². The van der Waals surface area contributed by atoms with E-state index in [0.29, 0.717) is 0 Å². The molecule has 7 aromatic rings. The maximum absolute atomic E-state index is 6.56. The first-order valence-corrected chi connectivity index (χ1v) is 13.0. The van der Waals surface area contributed by atoms with Crippen LogP contribution in [0.1, 0.15) is 11.1 Å². The molecular formula is C35H26N4. The van der Waals surface area contributed by atoms with Crippen LogP contribution in [0.25, 0.3) is 54.8 Å². The molecule has 0 fully saturated rings. The normalized spacial score (nSPS) is 12.4. The third-order valence-electron chi connectivity index (χ3n) is 7.49. The summed E-state index contributed by atoms with van der Waals surface area (Å²) in [4.78, 5) is 4.25. The lowest BCUT2D eigenvalue weighted by atomic mass is 9.89. The lowest BCUT2D eigenvalue weighted by Crippen LogP contribution is -1.97. The molecule has 0 saturated carbocycles. The first kappa shape index (κ1) is 22.8. The minimum Gasteiger partial charge on any atom is -0.405 e. The monoisotopic (exact) mass is 502 g/mol. The van der Waals surface area contributed by atoms with E-state index in [2.05, 4.69) is 88.3 Å². The number of benzene rings is 4. The summed E-state index contributed by atoms with van der Waals surface area (Å²) in [5.41, 5.74) is 21.8. The molecule has 4 N–H and O–H groups in total. The minimum atomic E-state index is 0.737. The highest BCUT2D eigenvalue weighted by molar-refractivity contribution is 6.16. The van der Waals surface area contributed by atoms with Crippen molar-refractivity contribution in [2.24, 2.45) is 5.73 Å². The molecule has 3 heterocycles. The first-order valence-electron chi connectivity index (χ1n) is 13.0. The van der Waals surface area contributed by atoms with Gasteiger partial charge in [0.25, 0.3) is 0 Å². The molecule has 0 saturated heterocycles. The van der Waals surface area contributed by atoms with Gasteiger partial charge < -0.3 is 15.9 Å². The second kappa shape index (κ2) is 9.19. The van der Waals surface area contributed by atoms with E-state index >= 15 is 0 Å². The Morgan fingerprint density at radius 1 is 0.667 bits per heavy atom. The summed E-state index contributed by atoms with van der Waals surface area (Å²) in [7, 11) is 0. The summed E-state index contributed by atoms with van der Waals surface area (Å²) in [6, 6.07) is 36.2. The number of nitrogen functional groups attached to an aromatic ring is 1. The van der Waals surface area contributed by atoms with Crippen LogP contribution in [0.3, 0.4) is 0 Å². The summed E-state index contributed by atoms with van der Waals surface area (Å²) < 4.78 is 2.39. The average Bonchev–Trinajstić information content (AvgIpc) is 3.37. The molecule has 7 rings (SSSR count). The first-order chi connectivity index (χ1) is 19.2. The number of aromatic nitrogens is 2. The Labute approximate surface area is 226 Å². The van der Waals surface area contributed by atoms with Gasteiger partial charge in [0.2, 0.25) is 0 Å². The molecule has 0 amide bonds. The fourth-order valence-corrected chi connectivity index (χ4v) is 5.76. The lowest BCUT2D eigenvalue weighted by Gasteiger charge is -2.17. The molecule has 39 heavy (non-hydrogen) atoms. The van der Waals surface area contributed by atoms with Crippen LogP contribution >= 0.6 is 0 Å². The van der Waals surface area contributed by atoms with Gasteiger partial charge in [-0.3, -0.25) is 4.98 Å². The van der Waals surface area contributed by atoms with Crippen molar-refractivity contribution >= 4 is 49.4 Å². The van der Waals surface area contributed by atoms with Gasteiger partial charge in [-0.2, -0.15) is 0 Å². The summed E-state index contributed by atoms with van der Waals surface area (Å²) >= 11 is 0. The summed E-state index contributed by atoms with van der Waals surface area (Å²) in [6.45, 7) is 0. The van der Waals surface area contributed by atoms with Gasteiger partial charge in [0, 0.05) is 39.8 Å². The molecule has 186 valence electrons. The number of allylic oxidation sites excluding steroid dienone is 2. The topological polar surface area (TPSA) is 69.3 Å². The van der Waals surface area contributed by atoms with Crippen molar-refractivity contribution in [1.82, 2.24) is 9.38 Å². The highest BCUT2D eigenvalue weighted by Crippen LogP contribution is 2.41. The number of hydrogen-bond acceptors (Lipinski definition) is 3. The van der Waals surface area contributed by atoms with Crippen LogP contribution in [-0.4, -0.2) is 9.38 Å². The number of pyridine rings is 2. The number of nitrogens with zero attached hydrogens (tertiary/aromatic N) is 2. The van der Waals surface area contributed by atoms with Crippen LogP contribution in [0.15, 0.2) is 134 Å². The van der Waals surface area contributed by atoms with Crippen LogP contribution in [0, 0.1) is 0 Å². The van der Waals surface area contributed by atoms with E-state index in [-0.39, 0.29) is 0 Å². The Balaban J connectivity index is 1.67. The Morgan fingerprint density at radius 3 is 2.13 bits per heavy atom. The van der Waals surface area contributed by atoms with Crippen molar-refractivity contribution in [2.75, 3.05) is 5.73 Å². The molecule has 0 spiro atoms. The van der Waals surface area contributed by atoms with E-state index in [1.807, 2.05) is 48.8 Å². The Morgan fingerprint density at radius 2 is 1.36 bits per heavy atom. The molecule has 4 aromatic carbocycles. The summed E-state index contributed by atoms with van der Waals surface area (Å²) in [5.74, 6) is 0. The fourth-order valence-electron chi connectivity index (χ4n) is 5.76. The van der Waals surface area contributed by atoms with Gasteiger partial charge in [0.05, 0.1) is 16.6 Å². The predicted octanol–water partition coefficient (Wildman–Crippen LogP) is 7.95. The van der Waals surface area contributed by atoms with Gasteiger partial charge >= 0.3 is 0 Å². The third kappa shape index (κ3) is 3.65. The van der Waals surface area contributed by atoms with Crippen LogP contribution in [0.4, 0.5) is 5.69 Å². The molecule has 0 atom stereocenters. The van der Waals surface area contributed by atoms with E-state index in [4.69, 9.17) is 11.5 Å². The van der Waals surface area contributed by atoms with Gasteiger partial charge in [-0.1, -0.05) is 66.7 Å². The Bertz CT molecular complexity index is 2080. The standard InChI is InChI=1S/C35H26N4/c36-17-7-12-25(23-15-18-38-19-16-23)31-22-34-24(20-30(31)27-9-3-5-13-32(27)37)21-35-29-11-2-1-8-26(29)28-10-4-6-14-33(28)39(34)35/h1-22H,36-37H2/b17-7-,25-12?. The minimum absolute atomic E-state index is 0.737. The molecule has 0 unspecified atom stereocenters. The SMILES string of the molecule is N/C=C\C=C(c1ccncc1)c1cc2c(cc1-c1ccccc1N)cc1c3ccccc3c3ccccc3n21. The van der Waals surface area contributed by atoms with E-state index in [1.165, 1.54) is 27.2 Å². The van der Waals surface area contributed by atoms with Crippen LogP contribution in [-0.2, 0) is 0 Å². The maximum Gasteiger partial charge on any atom is 0.0547 e. The van der Waals surface area contributed by atoms with E-state index in [9.17, 15) is 0 Å². The molecule has 0 bridgehead atoms. The van der Waals surface area contributed by atoms with Crippen molar-refractivity contribution in [2.45, 2.75) is 0 Å². The maximum atomic E-state index is 6.56. The third-order valence-corrected chi connectivity index (χ3v) is 7.49. The molecule has 4 heteroatoms. The van der Waals surface area contributed by atoms with Crippen molar-refractivity contribution < 1.29 is 0 Å². The molecular weight excluding hydrogens is 476 g/mol. The van der Waals surface area contributed by atoms with Gasteiger partial charge in [0.1, 0.15) is 0 Å². The average molecular weight is 503 g/mol. The second-order valence-corrected chi connectivity index (χ2v) is 9.67. The van der Waals surface area contributed by atoms with E-state index in [1.54, 1.807) is 6.20 Å². The van der Waals surface area contributed by atoms with Crippen molar-refractivity contribution in [3.8, 4) is 11.1 Å². The van der Waals surface area contributed by atoms with Gasteiger partial charge in [0.15, 0.2) is 0 Å². The van der Waals surface area contributed by atoms with Crippen LogP contribution in [0.5, 0.6) is 0 Å². The van der Waals surface area contributed by atoms with Crippen molar-refractivity contribution in [3.05, 3.63) is 145 Å². The van der Waals surface area contributed by atoms with Crippen molar-refractivity contribution in [3.63, 3.8) is 0 Å². The van der Waals surface area contributed by atoms with Gasteiger partial charge in [-0.25, -0.2) is 0 Å². The number of para-hydroxylation sites is 2. The summed E-state index contributed by atoms with van der Waals surface area (Å²) in [6.07, 6.45) is 9.12. The van der Waals surface area contributed by atoms with Gasteiger partial charge in [-0.05, 0) is 82.4 Å². The largest absolute Gasteiger partial charge is 0.405 e. The van der Waals surface area contributed by atoms with Crippen LogP contribution in [0.2, 0.25) is 0 Å². The molecule has 4 nitrogen and oxygen atoms in total. The quantitative estimate of drug-likeness (QED) is 0.146. The molecule has 3 aromatic heterocycles. The lowest BCUT2D eigenvalue weighted by molar-refractivity contribution is 1.31. The smallest absolute Gasteiger partial charge is 0.0547 e.